The van der Waals surface area contributed by atoms with Crippen LogP contribution in [0.4, 0.5) is 4.39 Å². The van der Waals surface area contributed by atoms with E-state index in [2.05, 4.69) is 5.32 Å². The summed E-state index contributed by atoms with van der Waals surface area (Å²) >= 11 is 0. The quantitative estimate of drug-likeness (QED) is 0.397. The molecule has 1 aliphatic heterocycles. The Labute approximate surface area is 206 Å². The van der Waals surface area contributed by atoms with E-state index in [-0.39, 0.29) is 43.2 Å². The maximum Gasteiger partial charge on any atom is 0.246 e. The van der Waals surface area contributed by atoms with E-state index in [4.69, 9.17) is 5.73 Å². The van der Waals surface area contributed by atoms with Gasteiger partial charge < -0.3 is 15.5 Å². The number of hydrogen-bond acceptors (Lipinski definition) is 6. The zero-order valence-corrected chi connectivity index (χ0v) is 20.8. The van der Waals surface area contributed by atoms with Crippen molar-refractivity contribution in [3.63, 3.8) is 0 Å². The van der Waals surface area contributed by atoms with E-state index < -0.39 is 11.8 Å². The standard InChI is InChI=1S/C25H38FN5O4/c1-19(2)16-31(25(35)15-27)18-23(33)28-22(32)17-29(11-6-13-30-12-5-9-24(30)34)14-10-20-7-3-4-8-21(20)26/h3-4,7-8,19H,5-6,9-18,27H2,1-2H3,(H,28,32,33). The van der Waals surface area contributed by atoms with Crippen molar-refractivity contribution in [1.29, 1.82) is 0 Å². The average molecular weight is 492 g/mol. The summed E-state index contributed by atoms with van der Waals surface area (Å²) in [5, 5.41) is 2.35. The Morgan fingerprint density at radius 1 is 1.14 bits per heavy atom. The van der Waals surface area contributed by atoms with E-state index in [9.17, 15) is 23.6 Å². The fourth-order valence-electron chi connectivity index (χ4n) is 4.11. The monoisotopic (exact) mass is 491 g/mol. The van der Waals surface area contributed by atoms with Crippen LogP contribution in [0.2, 0.25) is 0 Å². The molecule has 1 aliphatic rings. The molecule has 4 amide bonds. The number of carbonyl (C=O) groups excluding carboxylic acids is 4. The zero-order chi connectivity index (χ0) is 25.8. The lowest BCUT2D eigenvalue weighted by molar-refractivity contribution is -0.138. The van der Waals surface area contributed by atoms with Crippen LogP contribution in [0.3, 0.4) is 0 Å². The first-order chi connectivity index (χ1) is 16.7. The van der Waals surface area contributed by atoms with E-state index >= 15 is 0 Å². The fourth-order valence-corrected chi connectivity index (χ4v) is 4.11. The first-order valence-electron chi connectivity index (χ1n) is 12.2. The molecule has 10 heteroatoms. The molecule has 0 aromatic heterocycles. The summed E-state index contributed by atoms with van der Waals surface area (Å²) in [7, 11) is 0. The number of imide groups is 1. The highest BCUT2D eigenvalue weighted by Gasteiger charge is 2.22. The molecule has 1 fully saturated rings. The molecule has 0 radical (unpaired) electrons. The van der Waals surface area contributed by atoms with Gasteiger partial charge in [0.15, 0.2) is 0 Å². The normalized spacial score (nSPS) is 13.5. The van der Waals surface area contributed by atoms with Gasteiger partial charge in [0.2, 0.25) is 23.6 Å². The van der Waals surface area contributed by atoms with Crippen LogP contribution < -0.4 is 11.1 Å². The minimum absolute atomic E-state index is 0.0524. The van der Waals surface area contributed by atoms with Gasteiger partial charge in [-0.2, -0.15) is 0 Å². The minimum Gasteiger partial charge on any atom is -0.343 e. The number of carbonyl (C=O) groups is 4. The predicted molar refractivity (Wildman–Crippen MR) is 131 cm³/mol. The van der Waals surface area contributed by atoms with Crippen LogP contribution in [-0.4, -0.2) is 90.7 Å². The van der Waals surface area contributed by atoms with Crippen molar-refractivity contribution in [1.82, 2.24) is 20.0 Å². The van der Waals surface area contributed by atoms with Crippen molar-refractivity contribution >= 4 is 23.6 Å². The van der Waals surface area contributed by atoms with Crippen LogP contribution in [0.25, 0.3) is 0 Å². The summed E-state index contributed by atoms with van der Waals surface area (Å²) < 4.78 is 14.1. The summed E-state index contributed by atoms with van der Waals surface area (Å²) in [5.41, 5.74) is 5.99. The average Bonchev–Trinajstić information content (AvgIpc) is 3.21. The Morgan fingerprint density at radius 3 is 2.49 bits per heavy atom. The summed E-state index contributed by atoms with van der Waals surface area (Å²) in [6.45, 7) is 5.98. The van der Waals surface area contributed by atoms with Gasteiger partial charge in [-0.05, 0) is 36.8 Å². The van der Waals surface area contributed by atoms with Crippen molar-refractivity contribution in [2.45, 2.75) is 39.5 Å². The smallest absolute Gasteiger partial charge is 0.246 e. The Balaban J connectivity index is 1.93. The van der Waals surface area contributed by atoms with Gasteiger partial charge in [-0.25, -0.2) is 4.39 Å². The molecule has 35 heavy (non-hydrogen) atoms. The second-order valence-corrected chi connectivity index (χ2v) is 9.30. The number of rotatable bonds is 14. The van der Waals surface area contributed by atoms with Gasteiger partial charge in [0, 0.05) is 39.1 Å². The van der Waals surface area contributed by atoms with Crippen LogP contribution in [0.15, 0.2) is 24.3 Å². The number of nitrogens with one attached hydrogen (secondary N) is 1. The van der Waals surface area contributed by atoms with Gasteiger partial charge in [0.1, 0.15) is 5.82 Å². The van der Waals surface area contributed by atoms with Gasteiger partial charge in [-0.15, -0.1) is 0 Å². The third kappa shape index (κ3) is 10.1. The second-order valence-electron chi connectivity index (χ2n) is 9.30. The highest BCUT2D eigenvalue weighted by atomic mass is 19.1. The molecule has 0 unspecified atom stereocenters. The molecule has 1 aromatic rings. The maximum absolute atomic E-state index is 14.1. The lowest BCUT2D eigenvalue weighted by Gasteiger charge is -2.25. The van der Waals surface area contributed by atoms with Gasteiger partial charge in [-0.3, -0.25) is 29.4 Å². The summed E-state index contributed by atoms with van der Waals surface area (Å²) in [5.74, 6) is -1.44. The molecule has 194 valence electrons. The van der Waals surface area contributed by atoms with Gasteiger partial charge in [0.25, 0.3) is 0 Å². The number of nitrogens with zero attached hydrogens (tertiary/aromatic N) is 3. The molecule has 0 aliphatic carbocycles. The van der Waals surface area contributed by atoms with Crippen molar-refractivity contribution in [2.75, 3.05) is 52.4 Å². The Bertz CT molecular complexity index is 879. The molecule has 0 atom stereocenters. The molecule has 1 heterocycles. The van der Waals surface area contributed by atoms with Crippen molar-refractivity contribution in [3.8, 4) is 0 Å². The number of amides is 4. The summed E-state index contributed by atoms with van der Waals surface area (Å²) in [6.07, 6.45) is 2.50. The topological polar surface area (TPSA) is 116 Å². The minimum atomic E-state index is -0.575. The van der Waals surface area contributed by atoms with Crippen molar-refractivity contribution in [2.24, 2.45) is 11.7 Å². The largest absolute Gasteiger partial charge is 0.343 e. The Kier molecular flexibility index (Phi) is 11.8. The van der Waals surface area contributed by atoms with E-state index in [0.717, 1.165) is 13.0 Å². The molecule has 1 saturated heterocycles. The Hall–Kier alpha value is -2.85. The molecule has 9 nitrogen and oxygen atoms in total. The van der Waals surface area contributed by atoms with Crippen LogP contribution >= 0.6 is 0 Å². The van der Waals surface area contributed by atoms with Crippen molar-refractivity contribution < 1.29 is 23.6 Å². The van der Waals surface area contributed by atoms with Crippen LogP contribution in [0.5, 0.6) is 0 Å². The molecule has 0 spiro atoms. The molecule has 1 aromatic carbocycles. The number of nitrogens with two attached hydrogens (primary N) is 1. The van der Waals surface area contributed by atoms with Crippen LogP contribution in [0.1, 0.15) is 38.7 Å². The fraction of sp³-hybridized carbons (Fsp3) is 0.600. The second kappa shape index (κ2) is 14.5. The molecule has 3 N–H and O–H groups in total. The highest BCUT2D eigenvalue weighted by molar-refractivity contribution is 5.98. The van der Waals surface area contributed by atoms with Crippen molar-refractivity contribution in [3.05, 3.63) is 35.6 Å². The maximum atomic E-state index is 14.1. The van der Waals surface area contributed by atoms with E-state index in [1.54, 1.807) is 18.2 Å². The number of benzene rings is 1. The van der Waals surface area contributed by atoms with Crippen LogP contribution in [-0.2, 0) is 25.6 Å². The highest BCUT2D eigenvalue weighted by Crippen LogP contribution is 2.11. The third-order valence-corrected chi connectivity index (χ3v) is 5.82. The van der Waals surface area contributed by atoms with Gasteiger partial charge in [-0.1, -0.05) is 32.0 Å². The summed E-state index contributed by atoms with van der Waals surface area (Å²) in [4.78, 5) is 53.9. The number of likely N-dealkylation sites (tertiary alicyclic amines) is 1. The lowest BCUT2D eigenvalue weighted by atomic mass is 10.1. The number of hydrogen-bond donors (Lipinski definition) is 2. The van der Waals surface area contributed by atoms with Gasteiger partial charge >= 0.3 is 0 Å². The predicted octanol–water partition coefficient (Wildman–Crippen LogP) is 0.769. The Morgan fingerprint density at radius 2 is 1.86 bits per heavy atom. The first kappa shape index (κ1) is 28.4. The van der Waals surface area contributed by atoms with Gasteiger partial charge in [0.05, 0.1) is 19.6 Å². The SMILES string of the molecule is CC(C)CN(CC(=O)NC(=O)CN(CCCN1CCCC1=O)CCc1ccccc1F)C(=O)CN. The van der Waals surface area contributed by atoms with E-state index in [0.29, 0.717) is 51.0 Å². The molecule has 0 bridgehead atoms. The van der Waals surface area contributed by atoms with Crippen LogP contribution in [0, 0.1) is 11.7 Å². The molecular weight excluding hydrogens is 453 g/mol. The molecule has 0 saturated carbocycles. The third-order valence-electron chi connectivity index (χ3n) is 5.82. The molecular formula is C25H38FN5O4. The summed E-state index contributed by atoms with van der Waals surface area (Å²) in [6, 6.07) is 6.49. The van der Waals surface area contributed by atoms with E-state index in [1.165, 1.54) is 11.0 Å². The molecule has 2 rings (SSSR count). The first-order valence-corrected chi connectivity index (χ1v) is 12.2. The zero-order valence-electron chi connectivity index (χ0n) is 20.8. The number of halogens is 1. The van der Waals surface area contributed by atoms with E-state index in [1.807, 2.05) is 23.6 Å². The lowest BCUT2D eigenvalue weighted by Crippen LogP contribution is -2.48.